The van der Waals surface area contributed by atoms with Gasteiger partial charge in [-0.05, 0) is 55.9 Å². The van der Waals surface area contributed by atoms with Gasteiger partial charge < -0.3 is 15.2 Å². The van der Waals surface area contributed by atoms with E-state index in [-0.39, 0.29) is 11.4 Å². The van der Waals surface area contributed by atoms with Crippen molar-refractivity contribution >= 4 is 34.4 Å². The maximum atomic E-state index is 12.3. The molecule has 6 nitrogen and oxygen atoms in total. The summed E-state index contributed by atoms with van der Waals surface area (Å²) in [6.07, 6.45) is 5.79. The van der Waals surface area contributed by atoms with Gasteiger partial charge in [0.1, 0.15) is 17.8 Å². The number of aromatic nitrogens is 3. The van der Waals surface area contributed by atoms with Gasteiger partial charge in [0.05, 0.1) is 5.39 Å². The van der Waals surface area contributed by atoms with Gasteiger partial charge in [-0.15, -0.1) is 0 Å². The van der Waals surface area contributed by atoms with Gasteiger partial charge in [-0.2, -0.15) is 0 Å². The molecule has 1 fully saturated rings. The monoisotopic (exact) mass is 407 g/mol. The van der Waals surface area contributed by atoms with Gasteiger partial charge in [-0.3, -0.25) is 4.79 Å². The Kier molecular flexibility index (Phi) is 5.41. The summed E-state index contributed by atoms with van der Waals surface area (Å²) >= 11 is 6.03. The second-order valence-electron chi connectivity index (χ2n) is 7.34. The van der Waals surface area contributed by atoms with Gasteiger partial charge in [0.2, 0.25) is 0 Å². The highest BCUT2D eigenvalue weighted by molar-refractivity contribution is 6.30. The second-order valence-corrected chi connectivity index (χ2v) is 7.77. The smallest absolute Gasteiger partial charge is 0.296 e. The maximum absolute atomic E-state index is 12.3. The number of carbonyl (C=O) groups is 1. The standard InChI is InChI=1S/C22H22ClN5O/c1-2-3-19(29)27-22(14-16-4-6-17(23)7-5-16)9-12-28(13-10-22)21-18-8-11-24-20(18)25-15-26-21/h4-8,11,15H,9-10,12-14H2,1H3,(H,27,29)(H,24,25,26). The van der Waals surface area contributed by atoms with Crippen molar-refractivity contribution in [2.75, 3.05) is 18.0 Å². The number of fused-ring (bicyclic) bond motifs is 1. The zero-order valence-corrected chi connectivity index (χ0v) is 17.0. The number of carbonyl (C=O) groups excluding carboxylic acids is 1. The first kappa shape index (κ1) is 19.3. The molecule has 1 aliphatic heterocycles. The van der Waals surface area contributed by atoms with E-state index in [0.29, 0.717) is 5.02 Å². The lowest BCUT2D eigenvalue weighted by molar-refractivity contribution is -0.117. The van der Waals surface area contributed by atoms with Crippen LogP contribution < -0.4 is 10.2 Å². The first-order chi connectivity index (χ1) is 14.1. The molecule has 0 radical (unpaired) electrons. The van der Waals surface area contributed by atoms with Crippen molar-refractivity contribution in [1.82, 2.24) is 20.3 Å². The van der Waals surface area contributed by atoms with Gasteiger partial charge in [0.25, 0.3) is 5.91 Å². The van der Waals surface area contributed by atoms with E-state index in [2.05, 4.69) is 37.0 Å². The Morgan fingerprint density at radius 3 is 2.72 bits per heavy atom. The van der Waals surface area contributed by atoms with E-state index >= 15 is 0 Å². The number of aromatic amines is 1. The van der Waals surface area contributed by atoms with Crippen molar-refractivity contribution in [2.45, 2.75) is 31.7 Å². The van der Waals surface area contributed by atoms with Crippen LogP contribution in [0.5, 0.6) is 0 Å². The highest BCUT2D eigenvalue weighted by Gasteiger charge is 2.36. The third-order valence-corrected chi connectivity index (χ3v) is 5.68. The molecule has 0 aliphatic carbocycles. The maximum Gasteiger partial charge on any atom is 0.296 e. The van der Waals surface area contributed by atoms with E-state index in [1.807, 2.05) is 36.5 Å². The molecule has 1 aliphatic rings. The first-order valence-electron chi connectivity index (χ1n) is 9.61. The minimum atomic E-state index is -0.352. The number of anilines is 1. The van der Waals surface area contributed by atoms with Crippen LogP contribution in [0.2, 0.25) is 5.02 Å². The number of hydrogen-bond acceptors (Lipinski definition) is 4. The van der Waals surface area contributed by atoms with Crippen LogP contribution in [0.4, 0.5) is 5.82 Å². The molecule has 3 aromatic rings. The van der Waals surface area contributed by atoms with Crippen molar-refractivity contribution < 1.29 is 4.79 Å². The van der Waals surface area contributed by atoms with Crippen LogP contribution in [0.15, 0.2) is 42.9 Å². The van der Waals surface area contributed by atoms with E-state index in [4.69, 9.17) is 11.6 Å². The van der Waals surface area contributed by atoms with E-state index in [1.54, 1.807) is 13.3 Å². The zero-order chi connectivity index (χ0) is 20.3. The Morgan fingerprint density at radius 2 is 2.00 bits per heavy atom. The molecule has 4 rings (SSSR count). The Labute approximate surface area is 174 Å². The molecule has 1 saturated heterocycles. The molecule has 1 aromatic carbocycles. The first-order valence-corrected chi connectivity index (χ1v) is 9.99. The van der Waals surface area contributed by atoms with Gasteiger partial charge in [-0.1, -0.05) is 29.7 Å². The predicted molar refractivity (Wildman–Crippen MR) is 115 cm³/mol. The second kappa shape index (κ2) is 8.14. The van der Waals surface area contributed by atoms with E-state index in [0.717, 1.165) is 54.8 Å². The van der Waals surface area contributed by atoms with Crippen molar-refractivity contribution in [3.63, 3.8) is 0 Å². The Hall–Kier alpha value is -3.04. The van der Waals surface area contributed by atoms with Crippen LogP contribution >= 0.6 is 11.6 Å². The lowest BCUT2D eigenvalue weighted by Crippen LogP contribution is -2.56. The highest BCUT2D eigenvalue weighted by Crippen LogP contribution is 2.31. The number of nitrogens with zero attached hydrogens (tertiary/aromatic N) is 3. The van der Waals surface area contributed by atoms with Crippen LogP contribution in [-0.2, 0) is 11.2 Å². The molecule has 1 amide bonds. The van der Waals surface area contributed by atoms with Crippen LogP contribution in [0, 0.1) is 11.8 Å². The SMILES string of the molecule is CC#CC(=O)NC1(Cc2ccc(Cl)cc2)CCN(c2ncnc3[nH]ccc23)CC1. The summed E-state index contributed by atoms with van der Waals surface area (Å²) in [6.45, 7) is 3.24. The Balaban J connectivity index is 1.56. The Bertz CT molecular complexity index is 1070. The number of rotatable bonds is 4. The number of piperidine rings is 1. The molecule has 3 heterocycles. The summed E-state index contributed by atoms with van der Waals surface area (Å²) in [5.41, 5.74) is 1.62. The average molecular weight is 408 g/mol. The average Bonchev–Trinajstić information content (AvgIpc) is 3.20. The molecular weight excluding hydrogens is 386 g/mol. The molecular formula is C22H22ClN5O. The number of benzene rings is 1. The predicted octanol–water partition coefficient (Wildman–Crippen LogP) is 3.33. The number of nitrogens with one attached hydrogen (secondary N) is 2. The lowest BCUT2D eigenvalue weighted by atomic mass is 9.81. The highest BCUT2D eigenvalue weighted by atomic mass is 35.5. The largest absolute Gasteiger partial charge is 0.356 e. The molecule has 0 bridgehead atoms. The molecule has 0 unspecified atom stereocenters. The van der Waals surface area contributed by atoms with Crippen LogP contribution in [0.1, 0.15) is 25.3 Å². The summed E-state index contributed by atoms with van der Waals surface area (Å²) in [5.74, 6) is 6.00. The van der Waals surface area contributed by atoms with Crippen LogP contribution in [-0.4, -0.2) is 39.5 Å². The molecule has 2 N–H and O–H groups in total. The molecule has 29 heavy (non-hydrogen) atoms. The van der Waals surface area contributed by atoms with Gasteiger partial charge in [-0.25, -0.2) is 9.97 Å². The van der Waals surface area contributed by atoms with Crippen molar-refractivity contribution in [2.24, 2.45) is 0 Å². The van der Waals surface area contributed by atoms with E-state index in [9.17, 15) is 4.79 Å². The summed E-state index contributed by atoms with van der Waals surface area (Å²) in [5, 5.41) is 4.91. The zero-order valence-electron chi connectivity index (χ0n) is 16.2. The van der Waals surface area contributed by atoms with Crippen LogP contribution in [0.25, 0.3) is 11.0 Å². The summed E-state index contributed by atoms with van der Waals surface area (Å²) in [4.78, 5) is 26.5. The quantitative estimate of drug-likeness (QED) is 0.650. The third kappa shape index (κ3) is 4.20. The number of amides is 1. The van der Waals surface area contributed by atoms with Gasteiger partial charge >= 0.3 is 0 Å². The molecule has 0 spiro atoms. The molecule has 148 valence electrons. The minimum Gasteiger partial charge on any atom is -0.356 e. The van der Waals surface area contributed by atoms with E-state index < -0.39 is 0 Å². The molecule has 2 aromatic heterocycles. The summed E-state index contributed by atoms with van der Waals surface area (Å²) in [6, 6.07) is 9.80. The van der Waals surface area contributed by atoms with Crippen LogP contribution in [0.3, 0.4) is 0 Å². The fourth-order valence-corrected chi connectivity index (χ4v) is 4.11. The number of hydrogen-bond donors (Lipinski definition) is 2. The van der Waals surface area contributed by atoms with Gasteiger partial charge in [0.15, 0.2) is 0 Å². The van der Waals surface area contributed by atoms with Gasteiger partial charge in [0, 0.05) is 29.8 Å². The molecule has 0 saturated carbocycles. The van der Waals surface area contributed by atoms with Crippen molar-refractivity contribution in [1.29, 1.82) is 0 Å². The fourth-order valence-electron chi connectivity index (χ4n) is 3.98. The minimum absolute atomic E-state index is 0.232. The van der Waals surface area contributed by atoms with Crippen molar-refractivity contribution in [3.05, 3.63) is 53.4 Å². The number of halogens is 1. The lowest BCUT2D eigenvalue weighted by Gasteiger charge is -2.42. The fraction of sp³-hybridized carbons (Fsp3) is 0.318. The molecule has 7 heteroatoms. The van der Waals surface area contributed by atoms with E-state index in [1.165, 1.54) is 0 Å². The number of H-pyrrole nitrogens is 1. The van der Waals surface area contributed by atoms with Crippen molar-refractivity contribution in [3.8, 4) is 11.8 Å². The summed E-state index contributed by atoms with van der Waals surface area (Å²) in [7, 11) is 0. The topological polar surface area (TPSA) is 73.9 Å². The Morgan fingerprint density at radius 1 is 1.24 bits per heavy atom. The summed E-state index contributed by atoms with van der Waals surface area (Å²) < 4.78 is 0. The third-order valence-electron chi connectivity index (χ3n) is 5.43. The normalized spacial score (nSPS) is 15.6. The molecule has 0 atom stereocenters.